The highest BCUT2D eigenvalue weighted by molar-refractivity contribution is 5.84. The maximum atomic E-state index is 5.22. The summed E-state index contributed by atoms with van der Waals surface area (Å²) in [6.45, 7) is 2.23. The fourth-order valence-corrected chi connectivity index (χ4v) is 1.94. The molecule has 0 unspecified atom stereocenters. The van der Waals surface area contributed by atoms with Gasteiger partial charge in [0.25, 0.3) is 0 Å². The molecule has 2 rings (SSSR count). The smallest absolute Gasteiger partial charge is 0.119 e. The van der Waals surface area contributed by atoms with Crippen LogP contribution in [0.15, 0.2) is 36.4 Å². The monoisotopic (exact) mass is 214 g/mol. The lowest BCUT2D eigenvalue weighted by atomic mass is 10.0. The first-order valence-corrected chi connectivity index (χ1v) is 5.90. The van der Waals surface area contributed by atoms with Crippen molar-refractivity contribution in [3.8, 4) is 5.75 Å². The van der Waals surface area contributed by atoms with Gasteiger partial charge in [-0.3, -0.25) is 0 Å². The van der Waals surface area contributed by atoms with Crippen LogP contribution in [-0.2, 0) is 6.42 Å². The summed E-state index contributed by atoms with van der Waals surface area (Å²) in [7, 11) is 1.71. The largest absolute Gasteiger partial charge is 0.497 e. The fourth-order valence-electron chi connectivity index (χ4n) is 1.94. The molecule has 2 aromatic carbocycles. The van der Waals surface area contributed by atoms with Crippen molar-refractivity contribution in [2.75, 3.05) is 7.11 Å². The number of benzene rings is 2. The minimum Gasteiger partial charge on any atom is -0.497 e. The van der Waals surface area contributed by atoms with Gasteiger partial charge >= 0.3 is 0 Å². The molecule has 0 bridgehead atoms. The molecule has 0 aromatic heterocycles. The van der Waals surface area contributed by atoms with E-state index in [0.29, 0.717) is 0 Å². The summed E-state index contributed by atoms with van der Waals surface area (Å²) in [6.07, 6.45) is 3.70. The van der Waals surface area contributed by atoms with Crippen LogP contribution in [0.5, 0.6) is 5.75 Å². The standard InChI is InChI=1S/C15H18O/c1-3-4-5-12-6-7-14-11-15(16-2)9-8-13(14)10-12/h6-11H,3-5H2,1-2H3. The minimum atomic E-state index is 0.925. The Morgan fingerprint density at radius 3 is 2.50 bits per heavy atom. The van der Waals surface area contributed by atoms with Gasteiger partial charge < -0.3 is 4.74 Å². The highest BCUT2D eigenvalue weighted by atomic mass is 16.5. The van der Waals surface area contributed by atoms with Crippen LogP contribution in [-0.4, -0.2) is 7.11 Å². The Bertz CT molecular complexity index is 474. The van der Waals surface area contributed by atoms with Gasteiger partial charge in [-0.2, -0.15) is 0 Å². The molecule has 0 heterocycles. The van der Waals surface area contributed by atoms with Gasteiger partial charge in [-0.05, 0) is 41.3 Å². The van der Waals surface area contributed by atoms with Gasteiger partial charge in [0, 0.05) is 0 Å². The van der Waals surface area contributed by atoms with E-state index in [9.17, 15) is 0 Å². The second kappa shape index (κ2) is 5.02. The van der Waals surface area contributed by atoms with Crippen molar-refractivity contribution in [3.63, 3.8) is 0 Å². The van der Waals surface area contributed by atoms with Crippen molar-refractivity contribution in [1.82, 2.24) is 0 Å². The molecule has 0 amide bonds. The lowest BCUT2D eigenvalue weighted by Crippen LogP contribution is -1.86. The number of aryl methyl sites for hydroxylation is 1. The van der Waals surface area contributed by atoms with Crippen molar-refractivity contribution in [2.45, 2.75) is 26.2 Å². The zero-order chi connectivity index (χ0) is 11.4. The number of fused-ring (bicyclic) bond motifs is 1. The predicted molar refractivity (Wildman–Crippen MR) is 69.1 cm³/mol. The second-order valence-electron chi connectivity index (χ2n) is 4.15. The zero-order valence-electron chi connectivity index (χ0n) is 9.99. The third-order valence-corrected chi connectivity index (χ3v) is 2.93. The molecule has 0 saturated heterocycles. The molecule has 0 fully saturated rings. The molecule has 0 radical (unpaired) electrons. The van der Waals surface area contributed by atoms with Gasteiger partial charge in [-0.25, -0.2) is 0 Å². The van der Waals surface area contributed by atoms with Gasteiger partial charge in [-0.1, -0.05) is 37.6 Å². The molecular formula is C15H18O. The quantitative estimate of drug-likeness (QED) is 0.741. The predicted octanol–water partition coefficient (Wildman–Crippen LogP) is 4.19. The van der Waals surface area contributed by atoms with E-state index in [1.54, 1.807) is 7.11 Å². The first-order chi connectivity index (χ1) is 7.83. The zero-order valence-corrected chi connectivity index (χ0v) is 9.99. The Hall–Kier alpha value is -1.50. The fraction of sp³-hybridized carbons (Fsp3) is 0.333. The van der Waals surface area contributed by atoms with Crippen LogP contribution in [0.1, 0.15) is 25.3 Å². The Morgan fingerprint density at radius 1 is 1.00 bits per heavy atom. The van der Waals surface area contributed by atoms with Crippen LogP contribution >= 0.6 is 0 Å². The number of rotatable bonds is 4. The van der Waals surface area contributed by atoms with Gasteiger partial charge in [-0.15, -0.1) is 0 Å². The summed E-state index contributed by atoms with van der Waals surface area (Å²) in [5.74, 6) is 0.925. The molecule has 2 aromatic rings. The van der Waals surface area contributed by atoms with Crippen LogP contribution in [0.3, 0.4) is 0 Å². The van der Waals surface area contributed by atoms with E-state index in [-0.39, 0.29) is 0 Å². The van der Waals surface area contributed by atoms with Crippen molar-refractivity contribution in [2.24, 2.45) is 0 Å². The summed E-state index contributed by atoms with van der Waals surface area (Å²) in [4.78, 5) is 0. The molecule has 0 N–H and O–H groups in total. The van der Waals surface area contributed by atoms with E-state index in [4.69, 9.17) is 4.74 Å². The molecule has 1 heteroatoms. The van der Waals surface area contributed by atoms with Crippen LogP contribution in [0, 0.1) is 0 Å². The maximum Gasteiger partial charge on any atom is 0.119 e. The van der Waals surface area contributed by atoms with Crippen molar-refractivity contribution < 1.29 is 4.74 Å². The third-order valence-electron chi connectivity index (χ3n) is 2.93. The van der Waals surface area contributed by atoms with Crippen molar-refractivity contribution in [3.05, 3.63) is 42.0 Å². The summed E-state index contributed by atoms with van der Waals surface area (Å²) in [5, 5.41) is 2.55. The molecule has 0 saturated carbocycles. The third kappa shape index (κ3) is 2.35. The molecule has 0 spiro atoms. The van der Waals surface area contributed by atoms with Crippen molar-refractivity contribution >= 4 is 10.8 Å². The van der Waals surface area contributed by atoms with Crippen LogP contribution < -0.4 is 4.74 Å². The molecule has 16 heavy (non-hydrogen) atoms. The lowest BCUT2D eigenvalue weighted by molar-refractivity contribution is 0.415. The van der Waals surface area contributed by atoms with Crippen molar-refractivity contribution in [1.29, 1.82) is 0 Å². The summed E-state index contributed by atoms with van der Waals surface area (Å²) in [5.41, 5.74) is 1.43. The van der Waals surface area contributed by atoms with E-state index in [1.165, 1.54) is 35.6 Å². The lowest BCUT2D eigenvalue weighted by Gasteiger charge is -2.05. The Labute approximate surface area is 97.1 Å². The SMILES string of the molecule is CCCCc1ccc2cc(OC)ccc2c1. The average molecular weight is 214 g/mol. The average Bonchev–Trinajstić information content (AvgIpc) is 2.35. The Balaban J connectivity index is 2.32. The first-order valence-electron chi connectivity index (χ1n) is 5.90. The Morgan fingerprint density at radius 2 is 1.75 bits per heavy atom. The second-order valence-corrected chi connectivity index (χ2v) is 4.15. The highest BCUT2D eigenvalue weighted by Crippen LogP contribution is 2.22. The first kappa shape index (κ1) is 11.0. The summed E-state index contributed by atoms with van der Waals surface area (Å²) in [6, 6.07) is 12.9. The van der Waals surface area contributed by atoms with Gasteiger partial charge in [0.05, 0.1) is 7.11 Å². The molecule has 0 atom stereocenters. The number of methoxy groups -OCH3 is 1. The molecule has 84 valence electrons. The van der Waals surface area contributed by atoms with Crippen LogP contribution in [0.25, 0.3) is 10.8 Å². The van der Waals surface area contributed by atoms with E-state index in [1.807, 2.05) is 6.07 Å². The van der Waals surface area contributed by atoms with E-state index < -0.39 is 0 Å². The molecule has 0 aliphatic rings. The molecule has 1 nitrogen and oxygen atoms in total. The maximum absolute atomic E-state index is 5.22. The van der Waals surface area contributed by atoms with Gasteiger partial charge in [0.1, 0.15) is 5.75 Å². The van der Waals surface area contributed by atoms with E-state index in [0.717, 1.165) is 5.75 Å². The molecular weight excluding hydrogens is 196 g/mol. The topological polar surface area (TPSA) is 9.23 Å². The van der Waals surface area contributed by atoms with E-state index >= 15 is 0 Å². The van der Waals surface area contributed by atoms with Crippen LogP contribution in [0.2, 0.25) is 0 Å². The van der Waals surface area contributed by atoms with E-state index in [2.05, 4.69) is 37.3 Å². The van der Waals surface area contributed by atoms with Crippen LogP contribution in [0.4, 0.5) is 0 Å². The number of unbranched alkanes of at least 4 members (excludes halogenated alkanes) is 1. The minimum absolute atomic E-state index is 0.925. The normalized spacial score (nSPS) is 10.6. The summed E-state index contributed by atoms with van der Waals surface area (Å²) < 4.78 is 5.22. The highest BCUT2D eigenvalue weighted by Gasteiger charge is 1.98. The summed E-state index contributed by atoms with van der Waals surface area (Å²) >= 11 is 0. The number of hydrogen-bond acceptors (Lipinski definition) is 1. The molecule has 0 aliphatic heterocycles. The number of ether oxygens (including phenoxy) is 1. The Kier molecular flexibility index (Phi) is 3.45. The van der Waals surface area contributed by atoms with Gasteiger partial charge in [0.15, 0.2) is 0 Å². The molecule has 0 aliphatic carbocycles. The van der Waals surface area contributed by atoms with Gasteiger partial charge in [0.2, 0.25) is 0 Å². The number of hydrogen-bond donors (Lipinski definition) is 0.